The van der Waals surface area contributed by atoms with Crippen molar-refractivity contribution in [1.29, 1.82) is 0 Å². The number of amides is 1. The highest BCUT2D eigenvalue weighted by molar-refractivity contribution is 14.1. The van der Waals surface area contributed by atoms with Crippen LogP contribution in [0.15, 0.2) is 11.1 Å². The molecule has 1 aromatic rings. The Morgan fingerprint density at radius 3 is 2.63 bits per heavy atom. The van der Waals surface area contributed by atoms with E-state index in [9.17, 15) is 9.59 Å². The van der Waals surface area contributed by atoms with E-state index in [1.807, 2.05) is 36.4 Å². The molecule has 0 bridgehead atoms. The quantitative estimate of drug-likeness (QED) is 0.613. The van der Waals surface area contributed by atoms with E-state index in [4.69, 9.17) is 11.6 Å². The lowest BCUT2D eigenvalue weighted by atomic mass is 10.1. The summed E-state index contributed by atoms with van der Waals surface area (Å²) in [7, 11) is 0. The van der Waals surface area contributed by atoms with E-state index in [-0.39, 0.29) is 22.7 Å². The number of nitrogens with one attached hydrogen (secondary N) is 1. The smallest absolute Gasteiger partial charge is 0.269 e. The van der Waals surface area contributed by atoms with Gasteiger partial charge in [0.1, 0.15) is 14.8 Å². The Labute approximate surface area is 130 Å². The topological polar surface area (TPSA) is 64.0 Å². The predicted octanol–water partition coefficient (Wildman–Crippen LogP) is 2.37. The van der Waals surface area contributed by atoms with E-state index in [2.05, 4.69) is 10.3 Å². The molecule has 0 saturated heterocycles. The van der Waals surface area contributed by atoms with Gasteiger partial charge in [-0.1, -0.05) is 25.4 Å². The fraction of sp³-hybridized carbons (Fsp3) is 0.583. The average Bonchev–Trinajstić information content (AvgIpc) is 2.41. The van der Waals surface area contributed by atoms with Crippen LogP contribution in [-0.4, -0.2) is 21.5 Å². The molecule has 7 heteroatoms. The summed E-state index contributed by atoms with van der Waals surface area (Å²) in [6.07, 6.45) is 3.03. The van der Waals surface area contributed by atoms with Gasteiger partial charge in [0.15, 0.2) is 0 Å². The van der Waals surface area contributed by atoms with Gasteiger partial charge in [-0.25, -0.2) is 4.98 Å². The summed E-state index contributed by atoms with van der Waals surface area (Å²) < 4.78 is 1.62. The Hall–Kier alpha value is -0.630. The van der Waals surface area contributed by atoms with Crippen molar-refractivity contribution in [3.05, 3.63) is 25.4 Å². The first-order valence-electron chi connectivity index (χ1n) is 6.14. The Bertz CT molecular complexity index is 514. The highest BCUT2D eigenvalue weighted by Crippen LogP contribution is 2.12. The molecule has 1 aromatic heterocycles. The minimum absolute atomic E-state index is 0.130. The maximum absolute atomic E-state index is 12.1. The maximum Gasteiger partial charge on any atom is 0.269 e. The van der Waals surface area contributed by atoms with E-state index in [0.29, 0.717) is 3.57 Å². The van der Waals surface area contributed by atoms with Crippen LogP contribution in [0.4, 0.5) is 0 Å². The molecule has 5 nitrogen and oxygen atoms in total. The standard InChI is InChI=1S/C12H17ClIN3O2/c1-4-8(5-2)16-11(18)7(3)17-6-15-10(13)9(14)12(17)19/h6-8H,4-5H2,1-3H3,(H,16,18). The number of aromatic nitrogens is 2. The van der Waals surface area contributed by atoms with Gasteiger partial charge in [-0.3, -0.25) is 14.2 Å². The van der Waals surface area contributed by atoms with E-state index in [1.54, 1.807) is 6.92 Å². The summed E-state index contributed by atoms with van der Waals surface area (Å²) in [5.41, 5.74) is -0.298. The van der Waals surface area contributed by atoms with Crippen LogP contribution in [0.1, 0.15) is 39.7 Å². The molecule has 0 aliphatic rings. The van der Waals surface area contributed by atoms with Crippen LogP contribution in [0.2, 0.25) is 5.15 Å². The van der Waals surface area contributed by atoms with Gasteiger partial charge in [0.05, 0.1) is 6.33 Å². The molecule has 0 saturated carbocycles. The van der Waals surface area contributed by atoms with Gasteiger partial charge in [-0.2, -0.15) is 0 Å². The number of hydrogen-bond acceptors (Lipinski definition) is 3. The normalized spacial score (nSPS) is 12.5. The summed E-state index contributed by atoms with van der Waals surface area (Å²) in [6.45, 7) is 5.70. The molecule has 19 heavy (non-hydrogen) atoms. The first-order chi connectivity index (χ1) is 8.92. The number of nitrogens with zero attached hydrogens (tertiary/aromatic N) is 2. The molecule has 1 N–H and O–H groups in total. The van der Waals surface area contributed by atoms with Crippen LogP contribution >= 0.6 is 34.2 Å². The molecule has 0 aromatic carbocycles. The van der Waals surface area contributed by atoms with Gasteiger partial charge in [0.25, 0.3) is 5.56 Å². The zero-order valence-electron chi connectivity index (χ0n) is 11.1. The zero-order valence-corrected chi connectivity index (χ0v) is 14.0. The molecule has 1 rings (SSSR count). The molecular weight excluding hydrogens is 381 g/mol. The first-order valence-corrected chi connectivity index (χ1v) is 7.60. The van der Waals surface area contributed by atoms with Crippen LogP contribution in [0.25, 0.3) is 0 Å². The molecule has 106 valence electrons. The average molecular weight is 398 g/mol. The number of hydrogen-bond donors (Lipinski definition) is 1. The van der Waals surface area contributed by atoms with Crippen LogP contribution in [0.5, 0.6) is 0 Å². The lowest BCUT2D eigenvalue weighted by molar-refractivity contribution is -0.124. The van der Waals surface area contributed by atoms with Crippen LogP contribution in [-0.2, 0) is 4.79 Å². The molecule has 0 radical (unpaired) electrons. The number of carbonyl (C=O) groups is 1. The zero-order chi connectivity index (χ0) is 14.6. The molecule has 1 atom stereocenters. The van der Waals surface area contributed by atoms with Gasteiger partial charge in [-0.05, 0) is 42.4 Å². The molecule has 0 fully saturated rings. The van der Waals surface area contributed by atoms with Gasteiger partial charge in [0.2, 0.25) is 5.91 Å². The van der Waals surface area contributed by atoms with Crippen LogP contribution in [0.3, 0.4) is 0 Å². The minimum Gasteiger partial charge on any atom is -0.352 e. The summed E-state index contributed by atoms with van der Waals surface area (Å²) in [6, 6.07) is -0.476. The number of rotatable bonds is 5. The van der Waals surface area contributed by atoms with Crippen LogP contribution < -0.4 is 10.9 Å². The third-order valence-corrected chi connectivity index (χ3v) is 4.61. The van der Waals surface area contributed by atoms with Crippen LogP contribution in [0, 0.1) is 3.57 Å². The molecule has 1 amide bonds. The molecule has 1 heterocycles. The van der Waals surface area contributed by atoms with Gasteiger partial charge in [0, 0.05) is 6.04 Å². The van der Waals surface area contributed by atoms with Gasteiger partial charge in [-0.15, -0.1) is 0 Å². The van der Waals surface area contributed by atoms with E-state index < -0.39 is 6.04 Å². The third-order valence-electron chi connectivity index (χ3n) is 3.03. The van der Waals surface area contributed by atoms with Crippen molar-refractivity contribution in [2.75, 3.05) is 0 Å². The monoisotopic (exact) mass is 397 g/mol. The fourth-order valence-corrected chi connectivity index (χ4v) is 2.18. The summed E-state index contributed by atoms with van der Waals surface area (Å²) in [5.74, 6) is -0.185. The molecular formula is C12H17ClIN3O2. The lowest BCUT2D eigenvalue weighted by Crippen LogP contribution is -2.41. The SMILES string of the molecule is CCC(CC)NC(=O)C(C)n1cnc(Cl)c(I)c1=O. The minimum atomic E-state index is -0.605. The van der Waals surface area contributed by atoms with Crippen molar-refractivity contribution >= 4 is 40.1 Å². The summed E-state index contributed by atoms with van der Waals surface area (Å²) in [5, 5.41) is 3.08. The first kappa shape index (κ1) is 16.4. The number of carbonyl (C=O) groups excluding carboxylic acids is 1. The number of halogens is 2. The van der Waals surface area contributed by atoms with Gasteiger partial charge < -0.3 is 5.32 Å². The second-order valence-corrected chi connectivity index (χ2v) is 5.70. The highest BCUT2D eigenvalue weighted by atomic mass is 127. The Balaban J connectivity index is 2.95. The lowest BCUT2D eigenvalue weighted by Gasteiger charge is -2.19. The summed E-state index contributed by atoms with van der Waals surface area (Å²) in [4.78, 5) is 28.0. The molecule has 0 aliphatic carbocycles. The van der Waals surface area contributed by atoms with Gasteiger partial charge >= 0.3 is 0 Å². The van der Waals surface area contributed by atoms with Crippen molar-refractivity contribution in [3.8, 4) is 0 Å². The predicted molar refractivity (Wildman–Crippen MR) is 83.4 cm³/mol. The molecule has 0 spiro atoms. The Morgan fingerprint density at radius 2 is 2.11 bits per heavy atom. The van der Waals surface area contributed by atoms with E-state index in [1.165, 1.54) is 10.9 Å². The Morgan fingerprint density at radius 1 is 1.53 bits per heavy atom. The third kappa shape index (κ3) is 3.92. The molecule has 0 aliphatic heterocycles. The maximum atomic E-state index is 12.1. The summed E-state index contributed by atoms with van der Waals surface area (Å²) >= 11 is 7.60. The van der Waals surface area contributed by atoms with Crippen molar-refractivity contribution < 1.29 is 4.79 Å². The van der Waals surface area contributed by atoms with Crippen molar-refractivity contribution in [2.45, 2.75) is 45.7 Å². The fourth-order valence-electron chi connectivity index (χ4n) is 1.64. The van der Waals surface area contributed by atoms with Crippen molar-refractivity contribution in [2.24, 2.45) is 0 Å². The highest BCUT2D eigenvalue weighted by Gasteiger charge is 2.20. The Kier molecular flexibility index (Phi) is 6.25. The largest absolute Gasteiger partial charge is 0.352 e. The van der Waals surface area contributed by atoms with E-state index >= 15 is 0 Å². The van der Waals surface area contributed by atoms with Crippen molar-refractivity contribution in [1.82, 2.24) is 14.9 Å². The molecule has 1 unspecified atom stereocenters. The van der Waals surface area contributed by atoms with E-state index in [0.717, 1.165) is 12.8 Å². The van der Waals surface area contributed by atoms with Crippen molar-refractivity contribution in [3.63, 3.8) is 0 Å². The second-order valence-electron chi connectivity index (χ2n) is 4.26. The second kappa shape index (κ2) is 7.23.